The molecule has 4 unspecified atom stereocenters. The highest BCUT2D eigenvalue weighted by atomic mass is 32.2. The Bertz CT molecular complexity index is 1130. The first-order valence-electron chi connectivity index (χ1n) is 8.93. The second-order valence-electron chi connectivity index (χ2n) is 7.01. The summed E-state index contributed by atoms with van der Waals surface area (Å²) in [5, 5.41) is 23.9. The van der Waals surface area contributed by atoms with E-state index in [9.17, 15) is 18.6 Å². The standard InChI is InChI=1S/C18H21N5O5S/c1-9-2-4-10(5-3-9)29(26,27)28-7-12-16(24)17(25)14(23-12)11-6-20-15-13(11)21-8-22-18(15)19/h2-6,8,12,14,16-17,20,23-25H,7H2,1H3,(H2,19,21,22). The molecule has 1 saturated heterocycles. The SMILES string of the molecule is Cc1ccc(S(=O)(=O)OCC2NC(c3c[nH]c4c(N)ncnc34)C(O)C2O)cc1. The van der Waals surface area contributed by atoms with Gasteiger partial charge in [0.1, 0.15) is 17.9 Å². The summed E-state index contributed by atoms with van der Waals surface area (Å²) in [6.45, 7) is 1.51. The first-order valence-corrected chi connectivity index (χ1v) is 10.3. The minimum atomic E-state index is -3.99. The van der Waals surface area contributed by atoms with E-state index in [-0.39, 0.29) is 17.3 Å². The van der Waals surface area contributed by atoms with Gasteiger partial charge in [-0.05, 0) is 19.1 Å². The molecule has 0 bridgehead atoms. The molecular formula is C18H21N5O5S. The maximum absolute atomic E-state index is 12.4. The summed E-state index contributed by atoms with van der Waals surface area (Å²) in [5.74, 6) is 0.262. The molecule has 1 aliphatic heterocycles. The predicted octanol–water partition coefficient (Wildman–Crippen LogP) is -0.0113. The Morgan fingerprint density at radius 1 is 1.17 bits per heavy atom. The van der Waals surface area contributed by atoms with Gasteiger partial charge in [0.25, 0.3) is 10.1 Å². The third-order valence-corrected chi connectivity index (χ3v) is 6.36. The second kappa shape index (κ2) is 7.35. The number of nitrogens with zero attached hydrogens (tertiary/aromatic N) is 2. The van der Waals surface area contributed by atoms with E-state index in [0.717, 1.165) is 5.56 Å². The first-order chi connectivity index (χ1) is 13.8. The summed E-state index contributed by atoms with van der Waals surface area (Å²) in [4.78, 5) is 11.1. The lowest BCUT2D eigenvalue weighted by Gasteiger charge is -2.15. The second-order valence-corrected chi connectivity index (χ2v) is 8.63. The third-order valence-electron chi connectivity index (χ3n) is 5.07. The zero-order valence-electron chi connectivity index (χ0n) is 15.5. The van der Waals surface area contributed by atoms with Crippen molar-refractivity contribution in [3.8, 4) is 0 Å². The average Bonchev–Trinajstić information content (AvgIpc) is 3.24. The minimum absolute atomic E-state index is 0.0245. The van der Waals surface area contributed by atoms with E-state index in [2.05, 4.69) is 20.3 Å². The molecule has 6 N–H and O–H groups in total. The Hall–Kier alpha value is -2.57. The van der Waals surface area contributed by atoms with Gasteiger partial charge in [0.2, 0.25) is 0 Å². The normalized spacial score (nSPS) is 24.9. The van der Waals surface area contributed by atoms with E-state index in [4.69, 9.17) is 9.92 Å². The van der Waals surface area contributed by atoms with Crippen LogP contribution in [0.4, 0.5) is 5.82 Å². The monoisotopic (exact) mass is 419 g/mol. The van der Waals surface area contributed by atoms with Gasteiger partial charge in [0, 0.05) is 11.8 Å². The molecule has 154 valence electrons. The number of hydrogen-bond donors (Lipinski definition) is 5. The molecule has 1 fully saturated rings. The van der Waals surface area contributed by atoms with Crippen molar-refractivity contribution < 1.29 is 22.8 Å². The van der Waals surface area contributed by atoms with Crippen LogP contribution in [0.15, 0.2) is 41.7 Å². The van der Waals surface area contributed by atoms with Gasteiger partial charge < -0.3 is 26.2 Å². The van der Waals surface area contributed by atoms with Crippen LogP contribution in [0.5, 0.6) is 0 Å². The molecule has 0 aliphatic carbocycles. The molecular weight excluding hydrogens is 398 g/mol. The highest BCUT2D eigenvalue weighted by Crippen LogP contribution is 2.33. The summed E-state index contributed by atoms with van der Waals surface area (Å²) in [5.41, 5.74) is 8.36. The average molecular weight is 419 g/mol. The number of aromatic nitrogens is 3. The number of aliphatic hydroxyl groups excluding tert-OH is 2. The van der Waals surface area contributed by atoms with Crippen LogP contribution < -0.4 is 11.1 Å². The fraction of sp³-hybridized carbons (Fsp3) is 0.333. The van der Waals surface area contributed by atoms with Crippen molar-refractivity contribution >= 4 is 27.0 Å². The van der Waals surface area contributed by atoms with E-state index >= 15 is 0 Å². The molecule has 0 radical (unpaired) electrons. The molecule has 10 nitrogen and oxygen atoms in total. The molecule has 4 rings (SSSR count). The van der Waals surface area contributed by atoms with Crippen LogP contribution in [-0.4, -0.2) is 58.4 Å². The molecule has 4 atom stereocenters. The maximum atomic E-state index is 12.4. The van der Waals surface area contributed by atoms with Gasteiger partial charge in [-0.1, -0.05) is 17.7 Å². The van der Waals surface area contributed by atoms with Gasteiger partial charge in [-0.15, -0.1) is 0 Å². The van der Waals surface area contributed by atoms with Crippen molar-refractivity contribution in [2.75, 3.05) is 12.3 Å². The maximum Gasteiger partial charge on any atom is 0.297 e. The molecule has 11 heteroatoms. The van der Waals surface area contributed by atoms with Crippen LogP contribution in [0.2, 0.25) is 0 Å². The minimum Gasteiger partial charge on any atom is -0.389 e. The van der Waals surface area contributed by atoms with E-state index in [1.54, 1.807) is 18.3 Å². The van der Waals surface area contributed by atoms with Crippen molar-refractivity contribution in [1.29, 1.82) is 0 Å². The Labute approximate surface area is 166 Å². The van der Waals surface area contributed by atoms with Crippen LogP contribution in [0.25, 0.3) is 11.0 Å². The van der Waals surface area contributed by atoms with Gasteiger partial charge in [0.15, 0.2) is 5.82 Å². The van der Waals surface area contributed by atoms with Gasteiger partial charge in [-0.3, -0.25) is 4.18 Å². The van der Waals surface area contributed by atoms with E-state index < -0.39 is 34.4 Å². The summed E-state index contributed by atoms with van der Waals surface area (Å²) >= 11 is 0. The number of aryl methyl sites for hydroxylation is 1. The number of nitrogens with two attached hydrogens (primary N) is 1. The highest BCUT2D eigenvalue weighted by molar-refractivity contribution is 7.86. The number of aromatic amines is 1. The zero-order chi connectivity index (χ0) is 20.8. The third kappa shape index (κ3) is 3.58. The predicted molar refractivity (Wildman–Crippen MR) is 104 cm³/mol. The smallest absolute Gasteiger partial charge is 0.297 e. The number of H-pyrrole nitrogens is 1. The molecule has 3 aromatic rings. The molecule has 2 aromatic heterocycles. The van der Waals surface area contributed by atoms with Gasteiger partial charge >= 0.3 is 0 Å². The van der Waals surface area contributed by atoms with Crippen LogP contribution in [-0.2, 0) is 14.3 Å². The van der Waals surface area contributed by atoms with E-state index in [1.807, 2.05) is 6.92 Å². The van der Waals surface area contributed by atoms with Crippen LogP contribution in [0.1, 0.15) is 17.2 Å². The molecule has 0 saturated carbocycles. The molecule has 1 aliphatic rings. The molecule has 1 aromatic carbocycles. The lowest BCUT2D eigenvalue weighted by Crippen LogP contribution is -2.37. The number of rotatable bonds is 5. The number of benzene rings is 1. The fourth-order valence-corrected chi connectivity index (χ4v) is 4.37. The first kappa shape index (κ1) is 19.7. The number of anilines is 1. The summed E-state index contributed by atoms with van der Waals surface area (Å²) in [7, 11) is -3.99. The van der Waals surface area contributed by atoms with Crippen LogP contribution in [0.3, 0.4) is 0 Å². The number of nitrogens with one attached hydrogen (secondary N) is 2. The fourth-order valence-electron chi connectivity index (χ4n) is 3.44. The molecule has 0 spiro atoms. The summed E-state index contributed by atoms with van der Waals surface area (Å²) in [6.07, 6.45) is 0.495. The quantitative estimate of drug-likeness (QED) is 0.358. The van der Waals surface area contributed by atoms with Crippen LogP contribution >= 0.6 is 0 Å². The number of aliphatic hydroxyl groups is 2. The summed E-state index contributed by atoms with van der Waals surface area (Å²) in [6, 6.07) is 4.75. The van der Waals surface area contributed by atoms with Gasteiger partial charge in [0.05, 0.1) is 35.2 Å². The van der Waals surface area contributed by atoms with Crippen LogP contribution in [0, 0.1) is 6.92 Å². The largest absolute Gasteiger partial charge is 0.389 e. The summed E-state index contributed by atoms with van der Waals surface area (Å²) < 4.78 is 29.9. The Balaban J connectivity index is 1.51. The lowest BCUT2D eigenvalue weighted by atomic mass is 10.0. The lowest BCUT2D eigenvalue weighted by molar-refractivity contribution is 0.0218. The molecule has 0 amide bonds. The Morgan fingerprint density at radius 2 is 1.90 bits per heavy atom. The van der Waals surface area contributed by atoms with Crippen molar-refractivity contribution in [2.45, 2.75) is 36.1 Å². The van der Waals surface area contributed by atoms with Gasteiger partial charge in [-0.2, -0.15) is 8.42 Å². The van der Waals surface area contributed by atoms with E-state index in [1.165, 1.54) is 18.5 Å². The van der Waals surface area contributed by atoms with Crippen molar-refractivity contribution in [1.82, 2.24) is 20.3 Å². The molecule has 3 heterocycles. The number of fused-ring (bicyclic) bond motifs is 1. The topological polar surface area (TPSA) is 163 Å². The van der Waals surface area contributed by atoms with Crippen molar-refractivity contribution in [3.63, 3.8) is 0 Å². The zero-order valence-corrected chi connectivity index (χ0v) is 16.3. The Morgan fingerprint density at radius 3 is 2.62 bits per heavy atom. The number of nitrogen functional groups attached to an aromatic ring is 1. The molecule has 29 heavy (non-hydrogen) atoms. The number of hydrogen-bond acceptors (Lipinski definition) is 9. The van der Waals surface area contributed by atoms with Crippen molar-refractivity contribution in [3.05, 3.63) is 47.9 Å². The Kier molecular flexibility index (Phi) is 5.00. The van der Waals surface area contributed by atoms with Crippen molar-refractivity contribution in [2.24, 2.45) is 0 Å². The van der Waals surface area contributed by atoms with E-state index in [0.29, 0.717) is 16.6 Å². The highest BCUT2D eigenvalue weighted by Gasteiger charge is 2.43. The van der Waals surface area contributed by atoms with Gasteiger partial charge in [-0.25, -0.2) is 9.97 Å².